The van der Waals surface area contributed by atoms with E-state index in [4.69, 9.17) is 37.4 Å². The van der Waals surface area contributed by atoms with Crippen molar-refractivity contribution in [3.8, 4) is 11.5 Å². The summed E-state index contributed by atoms with van der Waals surface area (Å²) in [7, 11) is -3.65. The van der Waals surface area contributed by atoms with Crippen LogP contribution in [0.3, 0.4) is 0 Å². The third-order valence-electron chi connectivity index (χ3n) is 7.71. The van der Waals surface area contributed by atoms with Gasteiger partial charge in [-0.05, 0) is 79.4 Å². The van der Waals surface area contributed by atoms with Gasteiger partial charge in [0.15, 0.2) is 23.9 Å². The van der Waals surface area contributed by atoms with Crippen LogP contribution in [0, 0.1) is 11.1 Å². The molecule has 1 saturated heterocycles. The van der Waals surface area contributed by atoms with Crippen molar-refractivity contribution in [2.75, 3.05) is 49.9 Å². The first-order chi connectivity index (χ1) is 23.4. The molecule has 0 amide bonds. The standard InChI is InChI=1S/C32H35Cl2F2N3O8S2/c33-26-18-39(41)19-27(34)25(26)17-29(22-7-8-28(46-31(35)36)30(15-22)45-20-21-5-6-21)47-32(40)48-24-4-1-3-23(16-24)37-49(42,43)14-2-9-38-10-12-44-13-11-38/h1,3-4,7-8,15-16,18-19,21,29,31,37H,2,5-6,9-14,17,20H2/t29-/m0/s1. The second-order valence-corrected chi connectivity index (χ2v) is 15.2. The number of hydrogen-bond acceptors (Lipinski definition) is 10. The van der Waals surface area contributed by atoms with Crippen molar-refractivity contribution in [2.24, 2.45) is 5.92 Å². The van der Waals surface area contributed by atoms with Gasteiger partial charge in [-0.25, -0.2) is 13.2 Å². The Morgan fingerprint density at radius 3 is 2.53 bits per heavy atom. The van der Waals surface area contributed by atoms with Crippen molar-refractivity contribution in [3.05, 3.63) is 81.2 Å². The Morgan fingerprint density at radius 1 is 1.10 bits per heavy atom. The molecule has 1 atom stereocenters. The SMILES string of the molecule is O=C(O[C@@H](Cc1c(Cl)c[n+]([O-])cc1Cl)c1ccc(OC(F)F)c(OCC2CC2)c1)Sc1cccc(NS(=O)(=O)CCCN2CCOCC2)c1. The molecule has 17 heteroatoms. The zero-order valence-corrected chi connectivity index (χ0v) is 29.3. The summed E-state index contributed by atoms with van der Waals surface area (Å²) in [6.07, 6.45) is 3.45. The number of hydrogen-bond donors (Lipinski definition) is 1. The third kappa shape index (κ3) is 11.7. The number of benzene rings is 2. The van der Waals surface area contributed by atoms with Crippen LogP contribution in [0.4, 0.5) is 19.3 Å². The molecule has 1 saturated carbocycles. The van der Waals surface area contributed by atoms with E-state index in [-0.39, 0.29) is 39.4 Å². The Bertz CT molecular complexity index is 1690. The van der Waals surface area contributed by atoms with E-state index in [1.807, 2.05) is 0 Å². The van der Waals surface area contributed by atoms with E-state index in [1.165, 1.54) is 24.3 Å². The second kappa shape index (κ2) is 17.2. The van der Waals surface area contributed by atoms with Crippen LogP contribution in [-0.2, 0) is 25.9 Å². The first-order valence-corrected chi connectivity index (χ1v) is 18.7. The molecule has 2 aliphatic rings. The lowest BCUT2D eigenvalue weighted by Crippen LogP contribution is -2.37. The average Bonchev–Trinajstić information content (AvgIpc) is 3.86. The number of anilines is 1. The maximum absolute atomic E-state index is 13.3. The molecule has 0 unspecified atom stereocenters. The Morgan fingerprint density at radius 2 is 1.84 bits per heavy atom. The highest BCUT2D eigenvalue weighted by Crippen LogP contribution is 2.39. The molecule has 0 bridgehead atoms. The Kier molecular flexibility index (Phi) is 13.1. The molecule has 5 rings (SSSR count). The maximum Gasteiger partial charge on any atom is 0.387 e. The van der Waals surface area contributed by atoms with Crippen molar-refractivity contribution in [3.63, 3.8) is 0 Å². The van der Waals surface area contributed by atoms with E-state index in [0.717, 1.165) is 38.3 Å². The van der Waals surface area contributed by atoms with Crippen LogP contribution in [0.25, 0.3) is 0 Å². The molecule has 2 heterocycles. The zero-order chi connectivity index (χ0) is 35.0. The molecule has 3 aromatic rings. The number of pyridine rings is 1. The van der Waals surface area contributed by atoms with Gasteiger partial charge in [-0.15, -0.1) is 0 Å². The van der Waals surface area contributed by atoms with Gasteiger partial charge in [0, 0.05) is 35.7 Å². The molecule has 2 aromatic carbocycles. The summed E-state index contributed by atoms with van der Waals surface area (Å²) in [5.41, 5.74) is 0.962. The van der Waals surface area contributed by atoms with Gasteiger partial charge >= 0.3 is 11.9 Å². The molecule has 49 heavy (non-hydrogen) atoms. The quantitative estimate of drug-likeness (QED) is 0.0729. The highest BCUT2D eigenvalue weighted by molar-refractivity contribution is 8.13. The first kappa shape index (κ1) is 37.2. The molecule has 2 fully saturated rings. The van der Waals surface area contributed by atoms with Gasteiger partial charge in [-0.3, -0.25) is 9.62 Å². The second-order valence-electron chi connectivity index (χ2n) is 11.6. The van der Waals surface area contributed by atoms with E-state index in [1.54, 1.807) is 18.2 Å². The van der Waals surface area contributed by atoms with Crippen molar-refractivity contribution >= 4 is 56.0 Å². The minimum absolute atomic E-state index is 0.0315. The monoisotopic (exact) mass is 761 g/mol. The normalized spacial score (nSPS) is 15.9. The van der Waals surface area contributed by atoms with Crippen LogP contribution in [0.15, 0.2) is 59.8 Å². The summed E-state index contributed by atoms with van der Waals surface area (Å²) < 4.78 is 76.5. The predicted molar refractivity (Wildman–Crippen MR) is 181 cm³/mol. The van der Waals surface area contributed by atoms with Crippen LogP contribution in [0.5, 0.6) is 11.5 Å². The smallest absolute Gasteiger partial charge is 0.387 e. The molecule has 0 spiro atoms. The highest BCUT2D eigenvalue weighted by Gasteiger charge is 2.27. The van der Waals surface area contributed by atoms with Gasteiger partial charge in [-0.2, -0.15) is 13.5 Å². The Balaban J connectivity index is 1.30. The van der Waals surface area contributed by atoms with E-state index in [2.05, 4.69) is 14.4 Å². The van der Waals surface area contributed by atoms with Gasteiger partial charge < -0.3 is 24.2 Å². The van der Waals surface area contributed by atoms with E-state index in [0.29, 0.717) is 71.2 Å². The fraction of sp³-hybridized carbons (Fsp3) is 0.438. The van der Waals surface area contributed by atoms with Crippen LogP contribution < -0.4 is 18.9 Å². The fourth-order valence-corrected chi connectivity index (χ4v) is 7.44. The van der Waals surface area contributed by atoms with Crippen LogP contribution >= 0.6 is 35.0 Å². The number of alkyl halides is 2. The number of sulfonamides is 1. The lowest BCUT2D eigenvalue weighted by molar-refractivity contribution is -0.605. The molecular formula is C32H35Cl2F2N3O8S2. The van der Waals surface area contributed by atoms with Crippen LogP contribution in [0.2, 0.25) is 10.0 Å². The molecule has 266 valence electrons. The van der Waals surface area contributed by atoms with Crippen molar-refractivity contribution in [1.82, 2.24) is 4.90 Å². The molecule has 1 aliphatic heterocycles. The first-order valence-electron chi connectivity index (χ1n) is 15.5. The van der Waals surface area contributed by atoms with Crippen LogP contribution in [0.1, 0.15) is 36.5 Å². The minimum Gasteiger partial charge on any atom is -0.619 e. The number of rotatable bonds is 16. The Hall–Kier alpha value is -3.08. The predicted octanol–water partition coefficient (Wildman–Crippen LogP) is 6.69. The zero-order valence-electron chi connectivity index (χ0n) is 26.2. The number of aromatic nitrogens is 1. The summed E-state index contributed by atoms with van der Waals surface area (Å²) in [6.45, 7) is 0.650. The van der Waals surface area contributed by atoms with E-state index < -0.39 is 28.0 Å². The largest absolute Gasteiger partial charge is 0.619 e. The number of thioether (sulfide) groups is 1. The molecule has 1 aliphatic carbocycles. The lowest BCUT2D eigenvalue weighted by Gasteiger charge is -2.26. The summed E-state index contributed by atoms with van der Waals surface area (Å²) in [5.74, 6) is 0.105. The van der Waals surface area contributed by atoms with Gasteiger partial charge in [-0.1, -0.05) is 35.3 Å². The van der Waals surface area contributed by atoms with Gasteiger partial charge in [0.25, 0.3) is 0 Å². The van der Waals surface area contributed by atoms with E-state index >= 15 is 0 Å². The topological polar surface area (TPSA) is 130 Å². The van der Waals surface area contributed by atoms with Gasteiger partial charge in [0.05, 0.1) is 25.6 Å². The van der Waals surface area contributed by atoms with Gasteiger partial charge in [0.1, 0.15) is 16.1 Å². The number of nitrogens with one attached hydrogen (secondary N) is 1. The minimum atomic E-state index is -3.65. The molecule has 1 aromatic heterocycles. The summed E-state index contributed by atoms with van der Waals surface area (Å²) in [6, 6.07) is 10.5. The number of nitrogens with zero attached hydrogens (tertiary/aromatic N) is 2. The summed E-state index contributed by atoms with van der Waals surface area (Å²) >= 11 is 13.4. The van der Waals surface area contributed by atoms with E-state index in [9.17, 15) is 27.2 Å². The van der Waals surface area contributed by atoms with Crippen molar-refractivity contribution < 1.29 is 45.7 Å². The van der Waals surface area contributed by atoms with Crippen LogP contribution in [-0.4, -0.2) is 70.4 Å². The molecule has 1 N–H and O–H groups in total. The third-order valence-corrected chi connectivity index (χ3v) is 10.5. The number of halogens is 4. The molecule has 11 nitrogen and oxygen atoms in total. The summed E-state index contributed by atoms with van der Waals surface area (Å²) in [4.78, 5) is 15.9. The van der Waals surface area contributed by atoms with Gasteiger partial charge in [0.2, 0.25) is 10.0 Å². The highest BCUT2D eigenvalue weighted by atomic mass is 35.5. The maximum atomic E-state index is 13.3. The fourth-order valence-electron chi connectivity index (χ4n) is 5.05. The average molecular weight is 763 g/mol. The Labute approximate surface area is 297 Å². The van der Waals surface area contributed by atoms with Crippen molar-refractivity contribution in [2.45, 2.75) is 43.3 Å². The lowest BCUT2D eigenvalue weighted by atomic mass is 10.0. The number of morpholine rings is 1. The number of carbonyl (C=O) groups is 1. The number of ether oxygens (including phenoxy) is 4. The van der Waals surface area contributed by atoms with Crippen molar-refractivity contribution in [1.29, 1.82) is 0 Å². The summed E-state index contributed by atoms with van der Waals surface area (Å²) in [5, 5.41) is 11.2. The molecular weight excluding hydrogens is 727 g/mol. The molecule has 0 radical (unpaired) electrons. The number of carbonyl (C=O) groups excluding carboxylic acids is 1.